The highest BCUT2D eigenvalue weighted by Crippen LogP contribution is 2.20. The normalized spacial score (nSPS) is 12.4. The van der Waals surface area contributed by atoms with Crippen LogP contribution in [0.25, 0.3) is 10.8 Å². The van der Waals surface area contributed by atoms with Gasteiger partial charge in [0.2, 0.25) is 5.88 Å². The molecule has 0 radical (unpaired) electrons. The summed E-state index contributed by atoms with van der Waals surface area (Å²) in [5, 5.41) is 15.2. The molecule has 0 bridgehead atoms. The Kier molecular flexibility index (Phi) is 7.92. The van der Waals surface area contributed by atoms with Crippen LogP contribution in [0, 0.1) is 0 Å². The third-order valence-electron chi connectivity index (χ3n) is 4.31. The molecule has 2 rings (SSSR count). The van der Waals surface area contributed by atoms with Crippen LogP contribution in [0.15, 0.2) is 29.1 Å². The maximum Gasteiger partial charge on any atom is 0.274 e. The highest BCUT2D eigenvalue weighted by Gasteiger charge is 2.11. The van der Waals surface area contributed by atoms with Crippen molar-refractivity contribution >= 4 is 10.8 Å². The Hall–Kier alpha value is -1.88. The highest BCUT2D eigenvalue weighted by atomic mass is 16.5. The smallest absolute Gasteiger partial charge is 0.274 e. The molecule has 1 aromatic heterocycles. The zero-order chi connectivity index (χ0) is 18.1. The van der Waals surface area contributed by atoms with Crippen LogP contribution in [-0.2, 0) is 6.54 Å². The Labute approximate surface area is 149 Å². The van der Waals surface area contributed by atoms with E-state index in [1.54, 1.807) is 11.6 Å². The number of hydrogen-bond donors (Lipinski definition) is 1. The van der Waals surface area contributed by atoms with Crippen LogP contribution < -0.4 is 10.3 Å². The highest BCUT2D eigenvalue weighted by molar-refractivity contribution is 5.85. The maximum absolute atomic E-state index is 12.6. The summed E-state index contributed by atoms with van der Waals surface area (Å²) in [7, 11) is 0. The lowest BCUT2D eigenvalue weighted by atomic mass is 10.2. The number of ether oxygens (including phenoxy) is 1. The average Bonchev–Trinajstić information content (AvgIpc) is 2.61. The number of hydrogen-bond acceptors (Lipinski definition) is 4. The van der Waals surface area contributed by atoms with Crippen LogP contribution in [-0.4, -0.2) is 27.6 Å². The molecule has 1 N–H and O–H groups in total. The Bertz CT molecular complexity index is 710. The first-order valence-corrected chi connectivity index (χ1v) is 9.44. The molecule has 0 amide bonds. The Balaban J connectivity index is 2.11. The van der Waals surface area contributed by atoms with Crippen LogP contribution in [0.3, 0.4) is 0 Å². The summed E-state index contributed by atoms with van der Waals surface area (Å²) in [5.74, 6) is 0.530. The van der Waals surface area contributed by atoms with Gasteiger partial charge in [0.25, 0.3) is 5.56 Å². The Morgan fingerprint density at radius 2 is 1.88 bits per heavy atom. The fraction of sp³-hybridized carbons (Fsp3) is 0.600. The van der Waals surface area contributed by atoms with Crippen molar-refractivity contribution < 1.29 is 9.84 Å². The number of fused-ring (bicyclic) bond motifs is 1. The summed E-state index contributed by atoms with van der Waals surface area (Å²) < 4.78 is 7.42. The molecule has 0 aliphatic carbocycles. The largest absolute Gasteiger partial charge is 0.476 e. The molecule has 5 nitrogen and oxygen atoms in total. The lowest BCUT2D eigenvalue weighted by Crippen LogP contribution is -2.24. The third-order valence-corrected chi connectivity index (χ3v) is 4.31. The minimum absolute atomic E-state index is 0.0476. The van der Waals surface area contributed by atoms with Crippen molar-refractivity contribution in [3.05, 3.63) is 34.6 Å². The van der Waals surface area contributed by atoms with Gasteiger partial charge in [-0.05, 0) is 44.7 Å². The van der Waals surface area contributed by atoms with Crippen molar-refractivity contribution in [1.29, 1.82) is 0 Å². The minimum atomic E-state index is -0.274. The average molecular weight is 346 g/mol. The second-order valence-electron chi connectivity index (χ2n) is 6.63. The standard InChI is InChI=1S/C20H30N2O3/c1-3-4-5-9-14-22-20(24)18-13-7-6-12-17(18)19(21-22)25-15-10-8-11-16(2)23/h6-7,12-13,16,23H,3-5,8-11,14-15H2,1-2H3/t16-/m1/s1. The van der Waals surface area contributed by atoms with E-state index in [2.05, 4.69) is 12.0 Å². The molecule has 5 heteroatoms. The summed E-state index contributed by atoms with van der Waals surface area (Å²) in [4.78, 5) is 12.6. The topological polar surface area (TPSA) is 64.3 Å². The van der Waals surface area contributed by atoms with Gasteiger partial charge in [0.15, 0.2) is 0 Å². The third kappa shape index (κ3) is 5.85. The fourth-order valence-electron chi connectivity index (χ4n) is 2.86. The number of rotatable bonds is 11. The molecule has 0 saturated carbocycles. The van der Waals surface area contributed by atoms with Gasteiger partial charge in [-0.15, -0.1) is 5.10 Å². The van der Waals surface area contributed by atoms with Crippen LogP contribution in [0.5, 0.6) is 5.88 Å². The van der Waals surface area contributed by atoms with Crippen molar-refractivity contribution in [3.8, 4) is 5.88 Å². The molecule has 0 spiro atoms. The van der Waals surface area contributed by atoms with E-state index in [1.807, 2.05) is 24.3 Å². The summed E-state index contributed by atoms with van der Waals surface area (Å²) in [6, 6.07) is 7.49. The molecule has 0 aliphatic heterocycles. The van der Waals surface area contributed by atoms with Crippen molar-refractivity contribution in [1.82, 2.24) is 9.78 Å². The summed E-state index contributed by atoms with van der Waals surface area (Å²) in [6.45, 7) is 5.13. The number of nitrogens with zero attached hydrogens (tertiary/aromatic N) is 2. The molecular weight excluding hydrogens is 316 g/mol. The summed E-state index contributed by atoms with van der Waals surface area (Å²) in [6.07, 6.45) is 6.66. The van der Waals surface area contributed by atoms with E-state index in [9.17, 15) is 9.90 Å². The lowest BCUT2D eigenvalue weighted by molar-refractivity contribution is 0.176. The van der Waals surface area contributed by atoms with Gasteiger partial charge in [-0.25, -0.2) is 4.68 Å². The first-order valence-electron chi connectivity index (χ1n) is 9.44. The first-order chi connectivity index (χ1) is 12.1. The van der Waals surface area contributed by atoms with Gasteiger partial charge < -0.3 is 9.84 Å². The van der Waals surface area contributed by atoms with Gasteiger partial charge in [0.05, 0.1) is 23.5 Å². The van der Waals surface area contributed by atoms with Gasteiger partial charge in [0, 0.05) is 6.54 Å². The van der Waals surface area contributed by atoms with E-state index in [1.165, 1.54) is 12.8 Å². The number of aryl methyl sites for hydroxylation is 1. The van der Waals surface area contributed by atoms with E-state index < -0.39 is 0 Å². The Morgan fingerprint density at radius 1 is 1.12 bits per heavy atom. The number of aliphatic hydroxyl groups is 1. The van der Waals surface area contributed by atoms with Crippen LogP contribution >= 0.6 is 0 Å². The lowest BCUT2D eigenvalue weighted by Gasteiger charge is -2.12. The van der Waals surface area contributed by atoms with Crippen LogP contribution in [0.1, 0.15) is 58.8 Å². The van der Waals surface area contributed by atoms with Crippen molar-refractivity contribution in [3.63, 3.8) is 0 Å². The first kappa shape index (κ1) is 19.4. The van der Waals surface area contributed by atoms with Gasteiger partial charge in [-0.1, -0.05) is 38.3 Å². The fourth-order valence-corrected chi connectivity index (χ4v) is 2.86. The van der Waals surface area contributed by atoms with Gasteiger partial charge in [-0.3, -0.25) is 4.79 Å². The van der Waals surface area contributed by atoms with Gasteiger partial charge in [0.1, 0.15) is 0 Å². The predicted molar refractivity (Wildman–Crippen MR) is 101 cm³/mol. The maximum atomic E-state index is 12.6. The van der Waals surface area contributed by atoms with Crippen molar-refractivity contribution in [2.75, 3.05) is 6.61 Å². The molecule has 1 aromatic carbocycles. The van der Waals surface area contributed by atoms with Crippen molar-refractivity contribution in [2.24, 2.45) is 0 Å². The zero-order valence-electron chi connectivity index (χ0n) is 15.4. The molecule has 0 aliphatic rings. The second kappa shape index (κ2) is 10.2. The number of aromatic nitrogens is 2. The predicted octanol–water partition coefficient (Wildman–Crippen LogP) is 3.91. The van der Waals surface area contributed by atoms with Gasteiger partial charge in [-0.2, -0.15) is 0 Å². The van der Waals surface area contributed by atoms with E-state index >= 15 is 0 Å². The number of benzene rings is 1. The van der Waals surface area contributed by atoms with Crippen LogP contribution in [0.4, 0.5) is 0 Å². The summed E-state index contributed by atoms with van der Waals surface area (Å²) >= 11 is 0. The second-order valence-corrected chi connectivity index (χ2v) is 6.63. The molecular formula is C20H30N2O3. The van der Waals surface area contributed by atoms with Crippen molar-refractivity contribution in [2.45, 2.75) is 71.4 Å². The minimum Gasteiger partial charge on any atom is -0.476 e. The van der Waals surface area contributed by atoms with E-state index in [-0.39, 0.29) is 11.7 Å². The SMILES string of the molecule is CCCCCCn1nc(OCCCC[C@@H](C)O)c2ccccc2c1=O. The molecule has 0 unspecified atom stereocenters. The van der Waals surface area contributed by atoms with E-state index in [0.29, 0.717) is 24.4 Å². The Morgan fingerprint density at radius 3 is 2.60 bits per heavy atom. The molecule has 1 atom stereocenters. The van der Waals surface area contributed by atoms with E-state index in [4.69, 9.17) is 4.74 Å². The molecule has 138 valence electrons. The van der Waals surface area contributed by atoms with Gasteiger partial charge >= 0.3 is 0 Å². The summed E-state index contributed by atoms with van der Waals surface area (Å²) in [5.41, 5.74) is -0.0476. The molecule has 0 saturated heterocycles. The molecule has 1 heterocycles. The number of unbranched alkanes of at least 4 members (excludes halogenated alkanes) is 4. The number of aliphatic hydroxyl groups excluding tert-OH is 1. The van der Waals surface area contributed by atoms with E-state index in [0.717, 1.165) is 37.5 Å². The zero-order valence-corrected chi connectivity index (χ0v) is 15.4. The monoisotopic (exact) mass is 346 g/mol. The molecule has 0 fully saturated rings. The van der Waals surface area contributed by atoms with Crippen LogP contribution in [0.2, 0.25) is 0 Å². The molecule has 25 heavy (non-hydrogen) atoms. The molecule has 2 aromatic rings. The quantitative estimate of drug-likeness (QED) is 0.627.